The van der Waals surface area contributed by atoms with Crippen LogP contribution in [-0.2, 0) is 18.3 Å². The maximum absolute atomic E-state index is 10.8. The number of nitrogens with zero attached hydrogens (tertiary/aromatic N) is 2. The fourth-order valence-corrected chi connectivity index (χ4v) is 4.83. The minimum absolute atomic E-state index is 0. The van der Waals surface area contributed by atoms with Gasteiger partial charge in [0.2, 0.25) is 0 Å². The zero-order chi connectivity index (χ0) is 16.6. The van der Waals surface area contributed by atoms with E-state index >= 15 is 0 Å². The summed E-state index contributed by atoms with van der Waals surface area (Å²) < 4.78 is 41.8. The summed E-state index contributed by atoms with van der Waals surface area (Å²) in [6.07, 6.45) is 0. The summed E-state index contributed by atoms with van der Waals surface area (Å²) in [6.45, 7) is -2.82. The summed E-state index contributed by atoms with van der Waals surface area (Å²) in [4.78, 5) is 69.4. The van der Waals surface area contributed by atoms with E-state index in [4.69, 9.17) is 39.1 Å². The topological polar surface area (TPSA) is 237 Å². The molecule has 0 bridgehead atoms. The average Bonchev–Trinajstić information content (AvgIpc) is 2.02. The summed E-state index contributed by atoms with van der Waals surface area (Å²) >= 11 is 0. The first kappa shape index (κ1) is 25.0. The first-order chi connectivity index (χ1) is 8.47. The normalized spacial score (nSPS) is 14.4. The van der Waals surface area contributed by atoms with Crippen LogP contribution < -0.4 is 0 Å². The van der Waals surface area contributed by atoms with Crippen LogP contribution in [0.5, 0.6) is 0 Å². The van der Waals surface area contributed by atoms with Crippen LogP contribution in [0.3, 0.4) is 0 Å². The molecule has 0 aromatic heterocycles. The van der Waals surface area contributed by atoms with Crippen molar-refractivity contribution in [2.75, 3.05) is 13.1 Å². The van der Waals surface area contributed by atoms with Gasteiger partial charge in [-0.25, -0.2) is 18.3 Å². The van der Waals surface area contributed by atoms with Gasteiger partial charge in [0.15, 0.2) is 0 Å². The molecule has 0 saturated heterocycles. The van der Waals surface area contributed by atoms with Gasteiger partial charge in [-0.05, 0) is 0 Å². The van der Waals surface area contributed by atoms with E-state index in [-0.39, 0.29) is 37.7 Å². The molecule has 0 aliphatic carbocycles. The van der Waals surface area contributed by atoms with E-state index in [1.807, 2.05) is 0 Å². The molecule has 0 rings (SSSR count). The van der Waals surface area contributed by atoms with E-state index in [1.165, 1.54) is 0 Å². The van der Waals surface area contributed by atoms with E-state index in [2.05, 4.69) is 0 Å². The number of rotatable bonds is 7. The van der Waals surface area contributed by atoms with Gasteiger partial charge >= 0.3 is 31.0 Å². The van der Waals surface area contributed by atoms with Crippen LogP contribution in [0.2, 0.25) is 0 Å². The van der Waals surface area contributed by atoms with Crippen molar-refractivity contribution in [1.29, 1.82) is 0 Å². The first-order valence-electron chi connectivity index (χ1n) is 4.26. The Morgan fingerprint density at radius 1 is 0.524 bits per heavy atom. The van der Waals surface area contributed by atoms with Crippen LogP contribution >= 0.6 is 31.0 Å². The third-order valence-electron chi connectivity index (χ3n) is 1.70. The Kier molecular flexibility index (Phi) is 9.82. The Bertz CT molecular complexity index is 433. The summed E-state index contributed by atoms with van der Waals surface area (Å²) in [5, 5.41) is 0. The standard InChI is InChI=1S/C2H12N2O12P4.Ca/c5-17(6,7)3(18(8,9)10)1-2-4(19(11,12)13)20(14,15)16;/h1-2H2,(H2,5,6,7)(H2,8,9,10)(H2,11,12,13)(H2,14,15,16);. The van der Waals surface area contributed by atoms with Gasteiger partial charge in [-0.1, -0.05) is 0 Å². The van der Waals surface area contributed by atoms with E-state index in [0.29, 0.717) is 0 Å². The summed E-state index contributed by atoms with van der Waals surface area (Å²) in [5.74, 6) is 0. The van der Waals surface area contributed by atoms with Crippen molar-refractivity contribution >= 4 is 68.7 Å². The van der Waals surface area contributed by atoms with E-state index in [1.54, 1.807) is 0 Å². The van der Waals surface area contributed by atoms with E-state index < -0.39 is 53.0 Å². The average molecular weight is 420 g/mol. The van der Waals surface area contributed by atoms with Crippen molar-refractivity contribution in [3.05, 3.63) is 0 Å². The smallest absolute Gasteiger partial charge is 0.312 e. The Labute approximate surface area is 147 Å². The summed E-state index contributed by atoms with van der Waals surface area (Å²) in [5.41, 5.74) is 0. The largest absolute Gasteiger partial charge is 0.412 e. The van der Waals surface area contributed by atoms with Crippen molar-refractivity contribution in [1.82, 2.24) is 8.88 Å². The SMILES string of the molecule is O=P(O)(O)N(CCN(P(=O)(O)O)P(=O)(O)O)P(=O)(O)O.[Ca]. The molecule has 0 spiro atoms. The molecule has 0 atom stereocenters. The van der Waals surface area contributed by atoms with Crippen LogP contribution in [0.25, 0.3) is 0 Å². The van der Waals surface area contributed by atoms with Gasteiger partial charge in [0.1, 0.15) is 0 Å². The van der Waals surface area contributed by atoms with Crippen molar-refractivity contribution in [2.24, 2.45) is 0 Å². The van der Waals surface area contributed by atoms with Crippen LogP contribution in [-0.4, -0.2) is 98.9 Å². The van der Waals surface area contributed by atoms with Crippen molar-refractivity contribution in [2.45, 2.75) is 0 Å². The van der Waals surface area contributed by atoms with Gasteiger partial charge in [0, 0.05) is 50.8 Å². The molecular formula is C2H12CaN2O12P4. The second-order valence-electron chi connectivity index (χ2n) is 3.24. The number of hydrogen-bond donors (Lipinski definition) is 8. The molecule has 2 radical (unpaired) electrons. The zero-order valence-corrected chi connectivity index (χ0v) is 15.8. The van der Waals surface area contributed by atoms with E-state index in [0.717, 1.165) is 0 Å². The Morgan fingerprint density at radius 2 is 0.667 bits per heavy atom. The van der Waals surface area contributed by atoms with Crippen molar-refractivity contribution in [3.8, 4) is 0 Å². The maximum Gasteiger partial charge on any atom is 0.412 e. The Morgan fingerprint density at radius 3 is 0.762 bits per heavy atom. The minimum atomic E-state index is -5.52. The predicted octanol–water partition coefficient (Wildman–Crippen LogP) is -2.42. The molecule has 124 valence electrons. The van der Waals surface area contributed by atoms with Gasteiger partial charge < -0.3 is 39.1 Å². The van der Waals surface area contributed by atoms with Crippen LogP contribution in [0.4, 0.5) is 0 Å². The quantitative estimate of drug-likeness (QED) is 0.158. The monoisotopic (exact) mass is 420 g/mol. The number of hydrogen-bond acceptors (Lipinski definition) is 4. The fraction of sp³-hybridized carbons (Fsp3) is 1.00. The van der Waals surface area contributed by atoms with Gasteiger partial charge in [-0.2, -0.15) is 0 Å². The molecule has 0 aliphatic heterocycles. The molecule has 0 unspecified atom stereocenters. The second-order valence-corrected chi connectivity index (χ2v) is 9.91. The minimum Gasteiger partial charge on any atom is -0.312 e. The maximum atomic E-state index is 10.8. The van der Waals surface area contributed by atoms with Gasteiger partial charge in [-0.15, -0.1) is 8.88 Å². The summed E-state index contributed by atoms with van der Waals surface area (Å²) in [6, 6.07) is 0. The molecule has 19 heteroatoms. The van der Waals surface area contributed by atoms with E-state index in [9.17, 15) is 18.3 Å². The van der Waals surface area contributed by atoms with Gasteiger partial charge in [0.25, 0.3) is 0 Å². The Hall–Kier alpha value is 1.78. The first-order valence-corrected chi connectivity index (χ1v) is 10.5. The van der Waals surface area contributed by atoms with Crippen LogP contribution in [0, 0.1) is 0 Å². The molecule has 0 heterocycles. The fourth-order valence-electron chi connectivity index (χ4n) is 1.00. The Balaban J connectivity index is 0. The molecule has 0 aromatic rings. The third kappa shape index (κ3) is 8.99. The second kappa shape index (κ2) is 8.24. The molecule has 0 saturated carbocycles. The van der Waals surface area contributed by atoms with Crippen molar-refractivity contribution in [3.63, 3.8) is 0 Å². The third-order valence-corrected chi connectivity index (χ3v) is 7.71. The molecule has 14 nitrogen and oxygen atoms in total. The molecule has 0 fully saturated rings. The molecule has 8 N–H and O–H groups in total. The summed E-state index contributed by atoms with van der Waals surface area (Å²) in [7, 11) is -22.1. The van der Waals surface area contributed by atoms with Gasteiger partial charge in [-0.3, -0.25) is 0 Å². The van der Waals surface area contributed by atoms with Crippen LogP contribution in [0.1, 0.15) is 0 Å². The molecular weight excluding hydrogens is 408 g/mol. The predicted molar refractivity (Wildman–Crippen MR) is 67.3 cm³/mol. The van der Waals surface area contributed by atoms with Gasteiger partial charge in [0.05, 0.1) is 0 Å². The molecule has 21 heavy (non-hydrogen) atoms. The molecule has 0 aliphatic rings. The molecule has 0 amide bonds. The zero-order valence-electron chi connectivity index (χ0n) is 10.0. The van der Waals surface area contributed by atoms with Crippen LogP contribution in [0.15, 0.2) is 0 Å². The van der Waals surface area contributed by atoms with Crippen molar-refractivity contribution < 1.29 is 57.4 Å². The molecule has 0 aromatic carbocycles.